The molecule has 2 aromatic carbocycles. The Balaban J connectivity index is 1.38. The second-order valence-corrected chi connectivity index (χ2v) is 7.91. The van der Waals surface area contributed by atoms with Crippen molar-refractivity contribution in [3.8, 4) is 11.5 Å². The molecule has 0 unspecified atom stereocenters. The molecule has 30 heavy (non-hydrogen) atoms. The lowest BCUT2D eigenvalue weighted by Gasteiger charge is -2.15. The number of rotatable bonds is 5. The number of nitrogens with one attached hydrogen (secondary N) is 1. The van der Waals surface area contributed by atoms with E-state index in [1.165, 1.54) is 0 Å². The Bertz CT molecular complexity index is 1080. The van der Waals surface area contributed by atoms with Gasteiger partial charge in [-0.05, 0) is 56.0 Å². The van der Waals surface area contributed by atoms with Crippen LogP contribution in [0.15, 0.2) is 59.0 Å². The minimum Gasteiger partial charge on any atom is -0.440 e. The molecular weight excluding hydrogens is 378 g/mol. The SMILES string of the molecule is O=C(Nc1cccc(C(=O)N2CCCC2)c1)c1nc(-c2ccccc2)oc1C1CC1. The molecule has 2 amide bonds. The number of aromatic nitrogens is 1. The summed E-state index contributed by atoms with van der Waals surface area (Å²) in [6.07, 6.45) is 4.09. The van der Waals surface area contributed by atoms with E-state index in [4.69, 9.17) is 4.42 Å². The summed E-state index contributed by atoms with van der Waals surface area (Å²) in [5.41, 5.74) is 2.34. The van der Waals surface area contributed by atoms with Gasteiger partial charge in [-0.3, -0.25) is 9.59 Å². The molecule has 5 rings (SSSR count). The van der Waals surface area contributed by atoms with Crippen molar-refractivity contribution >= 4 is 17.5 Å². The topological polar surface area (TPSA) is 75.4 Å². The van der Waals surface area contributed by atoms with Crippen molar-refractivity contribution in [1.82, 2.24) is 9.88 Å². The van der Waals surface area contributed by atoms with Gasteiger partial charge in [-0.25, -0.2) is 4.98 Å². The summed E-state index contributed by atoms with van der Waals surface area (Å²) in [5.74, 6) is 1.05. The van der Waals surface area contributed by atoms with Crippen molar-refractivity contribution in [2.75, 3.05) is 18.4 Å². The minimum atomic E-state index is -0.311. The number of amides is 2. The fourth-order valence-corrected chi connectivity index (χ4v) is 3.84. The molecular formula is C24H23N3O3. The van der Waals surface area contributed by atoms with Crippen molar-refractivity contribution in [3.05, 3.63) is 71.6 Å². The average molecular weight is 401 g/mol. The van der Waals surface area contributed by atoms with Crippen LogP contribution in [0.1, 0.15) is 58.2 Å². The lowest BCUT2D eigenvalue weighted by molar-refractivity contribution is 0.0792. The summed E-state index contributed by atoms with van der Waals surface area (Å²) in [4.78, 5) is 32.0. The van der Waals surface area contributed by atoms with Gasteiger partial charge in [0.2, 0.25) is 5.89 Å². The van der Waals surface area contributed by atoms with E-state index >= 15 is 0 Å². The number of carbonyl (C=O) groups is 2. The van der Waals surface area contributed by atoms with Crippen molar-refractivity contribution in [3.63, 3.8) is 0 Å². The highest BCUT2D eigenvalue weighted by Gasteiger charge is 2.34. The molecule has 0 atom stereocenters. The monoisotopic (exact) mass is 401 g/mol. The third-order valence-corrected chi connectivity index (χ3v) is 5.60. The van der Waals surface area contributed by atoms with Crippen molar-refractivity contribution in [2.24, 2.45) is 0 Å². The Hall–Kier alpha value is -3.41. The molecule has 2 fully saturated rings. The van der Waals surface area contributed by atoms with Crippen molar-refractivity contribution in [2.45, 2.75) is 31.6 Å². The van der Waals surface area contributed by atoms with Gasteiger partial charge in [0.1, 0.15) is 5.76 Å². The normalized spacial score (nSPS) is 15.9. The predicted octanol–water partition coefficient (Wildman–Crippen LogP) is 4.71. The molecule has 1 N–H and O–H groups in total. The summed E-state index contributed by atoms with van der Waals surface area (Å²) < 4.78 is 5.98. The first kappa shape index (κ1) is 18.6. The number of carbonyl (C=O) groups excluding carboxylic acids is 2. The molecule has 1 aliphatic heterocycles. The van der Waals surface area contributed by atoms with E-state index in [1.54, 1.807) is 24.3 Å². The van der Waals surface area contributed by atoms with Gasteiger partial charge in [-0.2, -0.15) is 0 Å². The van der Waals surface area contributed by atoms with E-state index in [1.807, 2.05) is 35.2 Å². The minimum absolute atomic E-state index is 0.00932. The second kappa shape index (κ2) is 7.78. The lowest BCUT2D eigenvalue weighted by Crippen LogP contribution is -2.27. The van der Waals surface area contributed by atoms with Crippen LogP contribution in [0.3, 0.4) is 0 Å². The van der Waals surface area contributed by atoms with Gasteiger partial charge in [-0.1, -0.05) is 24.3 Å². The van der Waals surface area contributed by atoms with Crippen LogP contribution in [0.2, 0.25) is 0 Å². The highest BCUT2D eigenvalue weighted by molar-refractivity contribution is 6.05. The van der Waals surface area contributed by atoms with E-state index in [0.717, 1.165) is 44.3 Å². The maximum absolute atomic E-state index is 13.0. The summed E-state index contributed by atoms with van der Waals surface area (Å²) >= 11 is 0. The third kappa shape index (κ3) is 3.73. The van der Waals surface area contributed by atoms with Gasteiger partial charge >= 0.3 is 0 Å². The van der Waals surface area contributed by atoms with Crippen LogP contribution in [0, 0.1) is 0 Å². The molecule has 2 aliphatic rings. The van der Waals surface area contributed by atoms with E-state index in [-0.39, 0.29) is 17.7 Å². The molecule has 6 heteroatoms. The Morgan fingerprint density at radius 1 is 1.00 bits per heavy atom. The van der Waals surface area contributed by atoms with Gasteiger partial charge in [0.25, 0.3) is 11.8 Å². The first-order valence-electron chi connectivity index (χ1n) is 10.5. The van der Waals surface area contributed by atoms with Gasteiger partial charge < -0.3 is 14.6 Å². The maximum Gasteiger partial charge on any atom is 0.277 e. The fourth-order valence-electron chi connectivity index (χ4n) is 3.84. The number of anilines is 1. The number of hydrogen-bond acceptors (Lipinski definition) is 4. The van der Waals surface area contributed by atoms with Crippen LogP contribution in [0.25, 0.3) is 11.5 Å². The summed E-state index contributed by atoms with van der Waals surface area (Å²) in [6.45, 7) is 1.59. The Labute approximate surface area is 174 Å². The standard InChI is InChI=1S/C24H23N3O3/c28-22(25-19-10-6-9-18(15-19)24(29)27-13-4-5-14-27)20-21(16-11-12-16)30-23(26-20)17-7-2-1-3-8-17/h1-3,6-10,15-16H,4-5,11-14H2,(H,25,28). The quantitative estimate of drug-likeness (QED) is 0.672. The third-order valence-electron chi connectivity index (χ3n) is 5.60. The number of nitrogens with zero attached hydrogens (tertiary/aromatic N) is 2. The highest BCUT2D eigenvalue weighted by Crippen LogP contribution is 2.43. The van der Waals surface area contributed by atoms with Crippen LogP contribution < -0.4 is 5.32 Å². The van der Waals surface area contributed by atoms with Gasteiger partial charge in [0.15, 0.2) is 5.69 Å². The smallest absolute Gasteiger partial charge is 0.277 e. The maximum atomic E-state index is 13.0. The number of oxazole rings is 1. The van der Waals surface area contributed by atoms with E-state index < -0.39 is 0 Å². The first-order valence-corrected chi connectivity index (χ1v) is 10.5. The molecule has 2 heterocycles. The molecule has 1 aromatic heterocycles. The predicted molar refractivity (Wildman–Crippen MR) is 113 cm³/mol. The molecule has 1 saturated heterocycles. The second-order valence-electron chi connectivity index (χ2n) is 7.91. The Kier molecular flexibility index (Phi) is 4.83. The lowest BCUT2D eigenvalue weighted by atomic mass is 10.1. The van der Waals surface area contributed by atoms with E-state index in [0.29, 0.717) is 28.6 Å². The van der Waals surface area contributed by atoms with Crippen LogP contribution in [0.5, 0.6) is 0 Å². The number of hydrogen-bond donors (Lipinski definition) is 1. The first-order chi connectivity index (χ1) is 14.7. The van der Waals surface area contributed by atoms with Gasteiger partial charge in [0.05, 0.1) is 0 Å². The number of likely N-dealkylation sites (tertiary alicyclic amines) is 1. The van der Waals surface area contributed by atoms with Crippen molar-refractivity contribution in [1.29, 1.82) is 0 Å². The zero-order valence-electron chi connectivity index (χ0n) is 16.6. The molecule has 3 aromatic rings. The highest BCUT2D eigenvalue weighted by atomic mass is 16.4. The summed E-state index contributed by atoms with van der Waals surface area (Å²) in [6, 6.07) is 16.7. The summed E-state index contributed by atoms with van der Waals surface area (Å²) in [5, 5.41) is 2.90. The van der Waals surface area contributed by atoms with Crippen LogP contribution in [-0.4, -0.2) is 34.8 Å². The zero-order valence-corrected chi connectivity index (χ0v) is 16.6. The zero-order chi connectivity index (χ0) is 20.5. The molecule has 0 radical (unpaired) electrons. The largest absolute Gasteiger partial charge is 0.440 e. The Morgan fingerprint density at radius 2 is 1.77 bits per heavy atom. The molecule has 0 spiro atoms. The van der Waals surface area contributed by atoms with Crippen molar-refractivity contribution < 1.29 is 14.0 Å². The molecule has 0 bridgehead atoms. The fraction of sp³-hybridized carbons (Fsp3) is 0.292. The van der Waals surface area contributed by atoms with E-state index in [2.05, 4.69) is 10.3 Å². The van der Waals surface area contributed by atoms with Crippen LogP contribution >= 0.6 is 0 Å². The molecule has 1 aliphatic carbocycles. The van der Waals surface area contributed by atoms with Gasteiger partial charge in [-0.15, -0.1) is 0 Å². The van der Waals surface area contributed by atoms with Crippen LogP contribution in [-0.2, 0) is 0 Å². The van der Waals surface area contributed by atoms with Crippen LogP contribution in [0.4, 0.5) is 5.69 Å². The number of benzene rings is 2. The molecule has 152 valence electrons. The van der Waals surface area contributed by atoms with Gasteiger partial charge in [0, 0.05) is 35.8 Å². The molecule has 6 nitrogen and oxygen atoms in total. The molecule has 1 saturated carbocycles. The summed E-state index contributed by atoms with van der Waals surface area (Å²) in [7, 11) is 0. The van der Waals surface area contributed by atoms with E-state index in [9.17, 15) is 9.59 Å². The Morgan fingerprint density at radius 3 is 2.50 bits per heavy atom. The average Bonchev–Trinajstić information content (AvgIpc) is 3.29.